The van der Waals surface area contributed by atoms with Gasteiger partial charge in [0.2, 0.25) is 10.0 Å². The zero-order valence-corrected chi connectivity index (χ0v) is 21.5. The molecule has 0 spiro atoms. The Morgan fingerprint density at radius 1 is 1.09 bits per heavy atom. The van der Waals surface area contributed by atoms with E-state index in [-0.39, 0.29) is 10.9 Å². The molecule has 1 aromatic heterocycles. The van der Waals surface area contributed by atoms with Gasteiger partial charge in [0.25, 0.3) is 0 Å². The molecule has 0 aliphatic carbocycles. The summed E-state index contributed by atoms with van der Waals surface area (Å²) in [5.74, 6) is 1.39. The fourth-order valence-electron chi connectivity index (χ4n) is 3.74. The summed E-state index contributed by atoms with van der Waals surface area (Å²) in [4.78, 5) is 0.256. The molecule has 7 nitrogen and oxygen atoms in total. The molecule has 1 heterocycles. The van der Waals surface area contributed by atoms with Crippen molar-refractivity contribution in [2.45, 2.75) is 49.5 Å². The van der Waals surface area contributed by atoms with Gasteiger partial charge in [0.1, 0.15) is 0 Å². The predicted molar refractivity (Wildman–Crippen MR) is 133 cm³/mol. The first-order valence-electron chi connectivity index (χ1n) is 11.0. The van der Waals surface area contributed by atoms with Crippen molar-refractivity contribution in [3.63, 3.8) is 0 Å². The van der Waals surface area contributed by atoms with Crippen LogP contribution in [0.1, 0.15) is 37.9 Å². The second-order valence-electron chi connectivity index (χ2n) is 7.88. The average molecular weight is 489 g/mol. The minimum atomic E-state index is -3.57. The molecule has 0 saturated carbocycles. The molecule has 33 heavy (non-hydrogen) atoms. The number of thioether (sulfide) groups is 1. The number of hydrogen-bond donors (Lipinski definition) is 0. The molecule has 1 atom stereocenters. The lowest BCUT2D eigenvalue weighted by atomic mass is 10.2. The molecule has 178 valence electrons. The van der Waals surface area contributed by atoms with Crippen molar-refractivity contribution in [1.82, 2.24) is 19.1 Å². The van der Waals surface area contributed by atoms with Crippen LogP contribution in [0.15, 0.2) is 58.6 Å². The van der Waals surface area contributed by atoms with Crippen LogP contribution in [-0.2, 0) is 20.5 Å². The molecule has 0 saturated heterocycles. The summed E-state index contributed by atoms with van der Waals surface area (Å²) in [7, 11) is -1.91. The first-order chi connectivity index (χ1) is 15.8. The molecule has 0 amide bonds. The Bertz CT molecular complexity index is 1170. The summed E-state index contributed by atoms with van der Waals surface area (Å²) >= 11 is 1.61. The topological polar surface area (TPSA) is 77.3 Å². The van der Waals surface area contributed by atoms with E-state index < -0.39 is 10.0 Å². The first kappa shape index (κ1) is 25.4. The third kappa shape index (κ3) is 5.84. The normalized spacial score (nSPS) is 12.9. The fourth-order valence-corrected chi connectivity index (χ4v) is 6.23. The van der Waals surface area contributed by atoms with Gasteiger partial charge in [-0.2, -0.15) is 4.31 Å². The van der Waals surface area contributed by atoms with Crippen LogP contribution in [0.25, 0.3) is 11.4 Å². The zero-order valence-electron chi connectivity index (χ0n) is 19.9. The van der Waals surface area contributed by atoms with Crippen molar-refractivity contribution in [2.75, 3.05) is 26.8 Å². The summed E-state index contributed by atoms with van der Waals surface area (Å²) in [6.45, 7) is 9.13. The Kier molecular flexibility index (Phi) is 8.69. The van der Waals surface area contributed by atoms with Gasteiger partial charge in [0.05, 0.1) is 17.5 Å². The van der Waals surface area contributed by atoms with E-state index in [1.165, 1.54) is 15.4 Å². The van der Waals surface area contributed by atoms with E-state index in [1.807, 2.05) is 31.4 Å². The van der Waals surface area contributed by atoms with E-state index in [2.05, 4.69) is 41.4 Å². The molecule has 3 aromatic rings. The number of sulfonamides is 1. The third-order valence-electron chi connectivity index (χ3n) is 5.40. The van der Waals surface area contributed by atoms with Gasteiger partial charge in [-0.3, -0.25) is 4.57 Å². The molecule has 9 heteroatoms. The molecule has 0 N–H and O–H groups in total. The Balaban J connectivity index is 1.99. The number of rotatable bonds is 11. The Morgan fingerprint density at radius 3 is 2.48 bits per heavy atom. The molecule has 1 unspecified atom stereocenters. The van der Waals surface area contributed by atoms with Crippen LogP contribution >= 0.6 is 11.8 Å². The Hall–Kier alpha value is -2.20. The summed E-state index contributed by atoms with van der Waals surface area (Å²) in [6.07, 6.45) is 0. The highest BCUT2D eigenvalue weighted by atomic mass is 32.2. The predicted octanol–water partition coefficient (Wildman–Crippen LogP) is 4.78. The minimum absolute atomic E-state index is 0.0249. The monoisotopic (exact) mass is 488 g/mol. The minimum Gasteiger partial charge on any atom is -0.383 e. The molecule has 2 aromatic carbocycles. The molecule has 3 rings (SSSR count). The number of nitrogens with zero attached hydrogens (tertiary/aromatic N) is 4. The van der Waals surface area contributed by atoms with E-state index in [4.69, 9.17) is 4.74 Å². The fraction of sp³-hybridized carbons (Fsp3) is 0.417. The summed E-state index contributed by atoms with van der Waals surface area (Å²) in [6, 6.07) is 15.3. The zero-order chi connectivity index (χ0) is 24.0. The van der Waals surface area contributed by atoms with Crippen molar-refractivity contribution in [3.8, 4) is 11.4 Å². The van der Waals surface area contributed by atoms with Crippen LogP contribution in [-0.4, -0.2) is 54.3 Å². The van der Waals surface area contributed by atoms with E-state index in [0.29, 0.717) is 31.1 Å². The summed E-state index contributed by atoms with van der Waals surface area (Å²) in [5, 5.41) is 9.68. The smallest absolute Gasteiger partial charge is 0.243 e. The SMILES string of the molecule is CCN(CC)S(=O)(=O)c1cccc(-c2nnc(SCc3cccc(C)c3)n2C(C)COC)c1. The van der Waals surface area contributed by atoms with E-state index in [1.54, 1.807) is 37.1 Å². The molecule has 0 fully saturated rings. The van der Waals surface area contributed by atoms with E-state index in [9.17, 15) is 8.42 Å². The van der Waals surface area contributed by atoms with Crippen LogP contribution in [0, 0.1) is 6.92 Å². The van der Waals surface area contributed by atoms with E-state index in [0.717, 1.165) is 10.9 Å². The quantitative estimate of drug-likeness (QED) is 0.361. The van der Waals surface area contributed by atoms with Gasteiger partial charge < -0.3 is 4.74 Å². The van der Waals surface area contributed by atoms with Crippen molar-refractivity contribution in [3.05, 3.63) is 59.7 Å². The second kappa shape index (κ2) is 11.3. The largest absolute Gasteiger partial charge is 0.383 e. The number of ether oxygens (including phenoxy) is 1. The lowest BCUT2D eigenvalue weighted by Crippen LogP contribution is -2.30. The van der Waals surface area contributed by atoms with Gasteiger partial charge >= 0.3 is 0 Å². The standard InChI is InChI=1S/C24H32N4O3S2/c1-6-27(7-2)33(29,30)22-13-9-12-21(15-22)23-25-26-24(28(23)19(4)16-31-5)32-17-20-11-8-10-18(3)14-20/h8-15,19H,6-7,16-17H2,1-5H3. The van der Waals surface area contributed by atoms with Crippen molar-refractivity contribution in [2.24, 2.45) is 0 Å². The third-order valence-corrected chi connectivity index (χ3v) is 8.46. The molecule has 0 aliphatic rings. The van der Waals surface area contributed by atoms with Crippen LogP contribution in [0.3, 0.4) is 0 Å². The van der Waals surface area contributed by atoms with Gasteiger partial charge in [0.15, 0.2) is 11.0 Å². The van der Waals surface area contributed by atoms with Gasteiger partial charge in [-0.15, -0.1) is 10.2 Å². The molecular weight excluding hydrogens is 456 g/mol. The number of aryl methyl sites for hydroxylation is 1. The highest BCUT2D eigenvalue weighted by molar-refractivity contribution is 7.98. The van der Waals surface area contributed by atoms with Crippen LogP contribution in [0.4, 0.5) is 0 Å². The van der Waals surface area contributed by atoms with Crippen LogP contribution in [0.5, 0.6) is 0 Å². The maximum atomic E-state index is 13.1. The Labute approximate surface area is 201 Å². The summed E-state index contributed by atoms with van der Waals surface area (Å²) < 4.78 is 35.0. The van der Waals surface area contributed by atoms with Gasteiger partial charge in [-0.05, 0) is 31.5 Å². The second-order valence-corrected chi connectivity index (χ2v) is 10.8. The maximum absolute atomic E-state index is 13.1. The average Bonchev–Trinajstić information content (AvgIpc) is 3.23. The summed E-state index contributed by atoms with van der Waals surface area (Å²) in [5.41, 5.74) is 3.14. The highest BCUT2D eigenvalue weighted by Gasteiger charge is 2.24. The molecule has 0 bridgehead atoms. The van der Waals surface area contributed by atoms with Crippen LogP contribution in [0.2, 0.25) is 0 Å². The van der Waals surface area contributed by atoms with Crippen LogP contribution < -0.4 is 0 Å². The van der Waals surface area contributed by atoms with E-state index >= 15 is 0 Å². The van der Waals surface area contributed by atoms with Gasteiger partial charge in [-0.25, -0.2) is 8.42 Å². The molecule has 0 radical (unpaired) electrons. The number of aromatic nitrogens is 3. The van der Waals surface area contributed by atoms with Crippen molar-refractivity contribution in [1.29, 1.82) is 0 Å². The molecular formula is C24H32N4O3S2. The lowest BCUT2D eigenvalue weighted by molar-refractivity contribution is 0.159. The Morgan fingerprint density at radius 2 is 1.82 bits per heavy atom. The number of benzene rings is 2. The molecule has 0 aliphatic heterocycles. The van der Waals surface area contributed by atoms with Gasteiger partial charge in [-0.1, -0.05) is 67.6 Å². The maximum Gasteiger partial charge on any atom is 0.243 e. The lowest BCUT2D eigenvalue weighted by Gasteiger charge is -2.20. The van der Waals surface area contributed by atoms with Crippen molar-refractivity contribution < 1.29 is 13.2 Å². The van der Waals surface area contributed by atoms with Crippen molar-refractivity contribution >= 4 is 21.8 Å². The van der Waals surface area contributed by atoms with Gasteiger partial charge in [0, 0.05) is 31.5 Å². The highest BCUT2D eigenvalue weighted by Crippen LogP contribution is 2.31. The number of hydrogen-bond acceptors (Lipinski definition) is 6. The number of methoxy groups -OCH3 is 1. The first-order valence-corrected chi connectivity index (χ1v) is 13.5.